The van der Waals surface area contributed by atoms with E-state index in [-0.39, 0.29) is 0 Å². The molecule has 23 heavy (non-hydrogen) atoms. The maximum atomic E-state index is 3.80. The molecule has 0 amide bonds. The van der Waals surface area contributed by atoms with Crippen LogP contribution in [0.5, 0.6) is 0 Å². The summed E-state index contributed by atoms with van der Waals surface area (Å²) in [6.07, 6.45) is 18.8. The molecular formula is C23H32. The first-order chi connectivity index (χ1) is 11.1. The molecule has 8 aliphatic carbocycles. The van der Waals surface area contributed by atoms with Crippen LogP contribution in [-0.4, -0.2) is 0 Å². The largest absolute Gasteiger partial charge is 0.106 e. The third-order valence-electron chi connectivity index (χ3n) is 9.61. The van der Waals surface area contributed by atoms with E-state index in [9.17, 15) is 0 Å². The van der Waals surface area contributed by atoms with Crippen molar-refractivity contribution in [2.24, 2.45) is 45.8 Å². The van der Waals surface area contributed by atoms with E-state index in [1.165, 1.54) is 19.3 Å². The van der Waals surface area contributed by atoms with Gasteiger partial charge in [0, 0.05) is 5.41 Å². The Bertz CT molecular complexity index is 550. The Kier molecular flexibility index (Phi) is 2.52. The predicted molar refractivity (Wildman–Crippen MR) is 93.6 cm³/mol. The zero-order valence-corrected chi connectivity index (χ0v) is 14.9. The predicted octanol–water partition coefficient (Wildman–Crippen LogP) is 5.81. The van der Waals surface area contributed by atoms with Gasteiger partial charge in [0.15, 0.2) is 0 Å². The fraction of sp³-hybridized carbons (Fsp3) is 0.913. The van der Waals surface area contributed by atoms with E-state index >= 15 is 0 Å². The van der Waals surface area contributed by atoms with Crippen LogP contribution >= 0.6 is 0 Å². The van der Waals surface area contributed by atoms with Gasteiger partial charge in [0.05, 0.1) is 0 Å². The third-order valence-corrected chi connectivity index (χ3v) is 9.61. The monoisotopic (exact) mass is 308 g/mol. The van der Waals surface area contributed by atoms with E-state index in [2.05, 4.69) is 18.8 Å². The third kappa shape index (κ3) is 1.70. The van der Waals surface area contributed by atoms with Gasteiger partial charge in [0.1, 0.15) is 0 Å². The van der Waals surface area contributed by atoms with E-state index in [0.717, 1.165) is 40.4 Å². The van der Waals surface area contributed by atoms with Crippen LogP contribution in [0.1, 0.15) is 84.0 Å². The molecule has 8 aliphatic rings. The molecule has 0 nitrogen and oxygen atoms in total. The van der Waals surface area contributed by atoms with Crippen LogP contribution in [0.15, 0.2) is 0 Å². The molecule has 0 heteroatoms. The minimum Gasteiger partial charge on any atom is -0.106 e. The molecule has 2 unspecified atom stereocenters. The lowest BCUT2D eigenvalue weighted by atomic mass is 9.33. The minimum absolute atomic E-state index is 0.447. The van der Waals surface area contributed by atoms with Crippen LogP contribution in [0.25, 0.3) is 0 Å². The fourth-order valence-corrected chi connectivity index (χ4v) is 10.1. The first kappa shape index (κ1) is 13.8. The van der Waals surface area contributed by atoms with Gasteiger partial charge in [-0.15, -0.1) is 5.92 Å². The normalized spacial score (nSPS) is 61.5. The van der Waals surface area contributed by atoms with Crippen LogP contribution in [0.3, 0.4) is 0 Å². The highest BCUT2D eigenvalue weighted by atomic mass is 14.7. The summed E-state index contributed by atoms with van der Waals surface area (Å²) < 4.78 is 0. The molecular weight excluding hydrogens is 276 g/mol. The van der Waals surface area contributed by atoms with Gasteiger partial charge in [0.2, 0.25) is 0 Å². The fourth-order valence-electron chi connectivity index (χ4n) is 10.1. The Morgan fingerprint density at radius 1 is 0.609 bits per heavy atom. The number of hydrogen-bond acceptors (Lipinski definition) is 0. The van der Waals surface area contributed by atoms with Crippen LogP contribution in [0.4, 0.5) is 0 Å². The molecule has 124 valence electrons. The quantitative estimate of drug-likeness (QED) is 0.536. The highest BCUT2D eigenvalue weighted by Crippen LogP contribution is 2.76. The molecule has 0 aromatic carbocycles. The van der Waals surface area contributed by atoms with Crippen molar-refractivity contribution in [2.75, 3.05) is 0 Å². The summed E-state index contributed by atoms with van der Waals surface area (Å²) in [6, 6.07) is 0. The van der Waals surface area contributed by atoms with E-state index in [1.807, 2.05) is 0 Å². The summed E-state index contributed by atoms with van der Waals surface area (Å²) in [5.41, 5.74) is 1.93. The van der Waals surface area contributed by atoms with Gasteiger partial charge >= 0.3 is 0 Å². The Labute approximate surface area is 142 Å². The maximum absolute atomic E-state index is 3.80. The van der Waals surface area contributed by atoms with Crippen molar-refractivity contribution in [3.8, 4) is 11.8 Å². The molecule has 8 rings (SSSR count). The number of hydrogen-bond donors (Lipinski definition) is 0. The molecule has 0 radical (unpaired) electrons. The average Bonchev–Trinajstić information content (AvgIpc) is 2.44. The standard InChI is InChI=1S/C23H32/c1-2-3-21-8-19-7-20(9-21)14-23(13-19,15-21)22-10-16-4-17(11-22)6-18(5-16)12-22/h16-20H,4-15H2,1H3. The van der Waals surface area contributed by atoms with E-state index in [0.29, 0.717) is 5.41 Å². The molecule has 0 heterocycles. The zero-order valence-electron chi connectivity index (χ0n) is 14.9. The minimum atomic E-state index is 0.447. The smallest absolute Gasteiger partial charge is 0.0325 e. The molecule has 0 aliphatic heterocycles. The van der Waals surface area contributed by atoms with Gasteiger partial charge in [-0.2, -0.15) is 0 Å². The van der Waals surface area contributed by atoms with E-state index in [1.54, 1.807) is 57.8 Å². The first-order valence-corrected chi connectivity index (χ1v) is 10.6. The van der Waals surface area contributed by atoms with Crippen molar-refractivity contribution < 1.29 is 0 Å². The van der Waals surface area contributed by atoms with Crippen molar-refractivity contribution >= 4 is 0 Å². The lowest BCUT2D eigenvalue weighted by molar-refractivity contribution is -0.210. The Hall–Kier alpha value is -0.440. The molecule has 2 atom stereocenters. The van der Waals surface area contributed by atoms with E-state index < -0.39 is 0 Å². The molecule has 0 N–H and O–H groups in total. The highest BCUT2D eigenvalue weighted by molar-refractivity contribution is 5.24. The topological polar surface area (TPSA) is 0 Å². The second-order valence-corrected chi connectivity index (χ2v) is 11.1. The summed E-state index contributed by atoms with van der Waals surface area (Å²) in [4.78, 5) is 0. The van der Waals surface area contributed by atoms with Crippen molar-refractivity contribution in [2.45, 2.75) is 84.0 Å². The summed E-state index contributed by atoms with van der Waals surface area (Å²) >= 11 is 0. The van der Waals surface area contributed by atoms with Gasteiger partial charge in [-0.1, -0.05) is 5.92 Å². The van der Waals surface area contributed by atoms with Gasteiger partial charge in [-0.25, -0.2) is 0 Å². The Morgan fingerprint density at radius 2 is 1.09 bits per heavy atom. The second kappa shape index (κ2) is 4.20. The molecule has 8 fully saturated rings. The van der Waals surface area contributed by atoms with Crippen LogP contribution < -0.4 is 0 Å². The van der Waals surface area contributed by atoms with Crippen LogP contribution in [0, 0.1) is 57.7 Å². The molecule has 0 aromatic heterocycles. The molecule has 0 spiro atoms. The van der Waals surface area contributed by atoms with Crippen LogP contribution in [-0.2, 0) is 0 Å². The molecule has 8 bridgehead atoms. The summed E-state index contributed by atoms with van der Waals surface area (Å²) in [7, 11) is 0. The van der Waals surface area contributed by atoms with Crippen molar-refractivity contribution in [1.29, 1.82) is 0 Å². The molecule has 0 saturated heterocycles. The zero-order chi connectivity index (χ0) is 15.3. The van der Waals surface area contributed by atoms with Gasteiger partial charge in [-0.3, -0.25) is 0 Å². The second-order valence-electron chi connectivity index (χ2n) is 11.1. The lowest BCUT2D eigenvalue weighted by Gasteiger charge is -2.71. The summed E-state index contributed by atoms with van der Waals surface area (Å²) in [5, 5.41) is 0. The van der Waals surface area contributed by atoms with Crippen molar-refractivity contribution in [3.05, 3.63) is 0 Å². The Balaban J connectivity index is 1.45. The van der Waals surface area contributed by atoms with Crippen molar-refractivity contribution in [1.82, 2.24) is 0 Å². The maximum Gasteiger partial charge on any atom is 0.0325 e. The van der Waals surface area contributed by atoms with Gasteiger partial charge in [-0.05, 0) is 124 Å². The number of rotatable bonds is 1. The van der Waals surface area contributed by atoms with E-state index in [4.69, 9.17) is 0 Å². The van der Waals surface area contributed by atoms with Gasteiger partial charge < -0.3 is 0 Å². The van der Waals surface area contributed by atoms with Crippen molar-refractivity contribution in [3.63, 3.8) is 0 Å². The SMILES string of the molecule is CC#CC12CC3CC(C1)CC(C14CC5CC(CC(C5)C1)C4)(C3)C2. The molecule has 0 aromatic rings. The summed E-state index contributed by atoms with van der Waals surface area (Å²) in [6.45, 7) is 2.09. The first-order valence-electron chi connectivity index (χ1n) is 10.6. The lowest BCUT2D eigenvalue weighted by Crippen LogP contribution is -2.62. The highest BCUT2D eigenvalue weighted by Gasteiger charge is 2.67. The van der Waals surface area contributed by atoms with Gasteiger partial charge in [0.25, 0.3) is 0 Å². The molecule has 8 saturated carbocycles. The summed E-state index contributed by atoms with van der Waals surface area (Å²) in [5.74, 6) is 12.6. The average molecular weight is 309 g/mol. The Morgan fingerprint density at radius 3 is 1.61 bits per heavy atom. The van der Waals surface area contributed by atoms with Crippen LogP contribution in [0.2, 0.25) is 0 Å².